The molecule has 2 aliphatic rings. The molecule has 23 heavy (non-hydrogen) atoms. The summed E-state index contributed by atoms with van der Waals surface area (Å²) >= 11 is 0. The molecule has 0 saturated carbocycles. The Labute approximate surface area is 139 Å². The maximum atomic E-state index is 12.2. The van der Waals surface area contributed by atoms with Crippen LogP contribution in [0.15, 0.2) is 47.6 Å². The highest BCUT2D eigenvalue weighted by molar-refractivity contribution is 5.90. The summed E-state index contributed by atoms with van der Waals surface area (Å²) in [6, 6.07) is 0. The Morgan fingerprint density at radius 2 is 2.13 bits per heavy atom. The fraction of sp³-hybridized carbons (Fsp3) is 0.550. The zero-order valence-corrected chi connectivity index (χ0v) is 14.4. The van der Waals surface area contributed by atoms with Gasteiger partial charge in [0.25, 0.3) is 0 Å². The number of carbonyl (C=O) groups is 1. The van der Waals surface area contributed by atoms with Crippen LogP contribution in [0.1, 0.15) is 40.0 Å². The Hall–Kier alpha value is -1.61. The third kappa shape index (κ3) is 4.68. The summed E-state index contributed by atoms with van der Waals surface area (Å²) < 4.78 is 5.39. The first-order valence-corrected chi connectivity index (χ1v) is 8.47. The number of aliphatic hydroxyl groups is 1. The van der Waals surface area contributed by atoms with Crippen LogP contribution in [0.3, 0.4) is 0 Å². The van der Waals surface area contributed by atoms with Gasteiger partial charge in [-0.3, -0.25) is 0 Å². The van der Waals surface area contributed by atoms with Crippen LogP contribution in [0, 0.1) is 17.8 Å². The van der Waals surface area contributed by atoms with Crippen molar-refractivity contribution in [2.45, 2.75) is 46.1 Å². The molecule has 2 rings (SSSR count). The molecular formula is C20H28O3. The van der Waals surface area contributed by atoms with E-state index in [-0.39, 0.29) is 17.8 Å². The van der Waals surface area contributed by atoms with Gasteiger partial charge in [0.05, 0.1) is 12.7 Å². The van der Waals surface area contributed by atoms with Crippen molar-refractivity contribution in [3.63, 3.8) is 0 Å². The minimum Gasteiger partial charge on any atom is -0.462 e. The second-order valence-electron chi connectivity index (χ2n) is 7.04. The van der Waals surface area contributed by atoms with Crippen LogP contribution in [0.25, 0.3) is 0 Å². The molecule has 1 saturated heterocycles. The van der Waals surface area contributed by atoms with Gasteiger partial charge in [0.15, 0.2) is 0 Å². The molecule has 1 aliphatic heterocycles. The molecule has 1 aliphatic carbocycles. The first-order chi connectivity index (χ1) is 10.9. The minimum atomic E-state index is -0.493. The normalized spacial score (nSPS) is 33.7. The van der Waals surface area contributed by atoms with Gasteiger partial charge in [-0.25, -0.2) is 4.79 Å². The van der Waals surface area contributed by atoms with Gasteiger partial charge in [0, 0.05) is 17.4 Å². The molecule has 0 aromatic rings. The Morgan fingerprint density at radius 1 is 1.39 bits per heavy atom. The molecule has 0 aromatic heterocycles. The Morgan fingerprint density at radius 3 is 2.83 bits per heavy atom. The van der Waals surface area contributed by atoms with E-state index in [1.165, 1.54) is 5.57 Å². The van der Waals surface area contributed by atoms with Gasteiger partial charge in [0.1, 0.15) is 0 Å². The summed E-state index contributed by atoms with van der Waals surface area (Å²) in [6.45, 7) is 10.8. The zero-order valence-electron chi connectivity index (χ0n) is 14.4. The summed E-state index contributed by atoms with van der Waals surface area (Å²) in [5, 5.41) is 10.1. The molecule has 0 radical (unpaired) electrons. The molecule has 3 heteroatoms. The molecule has 1 fully saturated rings. The highest BCUT2D eigenvalue weighted by Gasteiger charge is 2.37. The molecule has 0 unspecified atom stereocenters. The molecule has 0 aromatic carbocycles. The van der Waals surface area contributed by atoms with E-state index in [0.717, 1.165) is 24.0 Å². The van der Waals surface area contributed by atoms with Gasteiger partial charge in [-0.1, -0.05) is 55.9 Å². The van der Waals surface area contributed by atoms with E-state index in [2.05, 4.69) is 26.5 Å². The number of esters is 1. The lowest BCUT2D eigenvalue weighted by atomic mass is 9.76. The van der Waals surface area contributed by atoms with Gasteiger partial charge in [-0.2, -0.15) is 0 Å². The summed E-state index contributed by atoms with van der Waals surface area (Å²) in [4.78, 5) is 12.2. The lowest BCUT2D eigenvalue weighted by molar-refractivity contribution is -0.144. The van der Waals surface area contributed by atoms with Crippen LogP contribution in [0.4, 0.5) is 0 Å². The third-order valence-corrected chi connectivity index (χ3v) is 4.61. The third-order valence-electron chi connectivity index (χ3n) is 4.61. The fourth-order valence-corrected chi connectivity index (χ4v) is 3.34. The van der Waals surface area contributed by atoms with Crippen LogP contribution in [-0.4, -0.2) is 23.8 Å². The van der Waals surface area contributed by atoms with Gasteiger partial charge in [-0.15, -0.1) is 0 Å². The first kappa shape index (κ1) is 17.7. The monoisotopic (exact) mass is 316 g/mol. The van der Waals surface area contributed by atoms with Gasteiger partial charge >= 0.3 is 5.97 Å². The molecule has 0 amide bonds. The number of hydrogen-bond donors (Lipinski definition) is 1. The Kier molecular flexibility index (Phi) is 6.00. The van der Waals surface area contributed by atoms with Crippen molar-refractivity contribution < 1.29 is 14.6 Å². The van der Waals surface area contributed by atoms with Crippen molar-refractivity contribution in [2.24, 2.45) is 17.8 Å². The van der Waals surface area contributed by atoms with E-state index in [0.29, 0.717) is 18.9 Å². The van der Waals surface area contributed by atoms with Crippen LogP contribution in [0.2, 0.25) is 0 Å². The van der Waals surface area contributed by atoms with Crippen molar-refractivity contribution in [1.82, 2.24) is 0 Å². The Balaban J connectivity index is 2.31. The highest BCUT2D eigenvalue weighted by atomic mass is 16.5. The number of allylic oxidation sites excluding steroid dienone is 4. The molecule has 3 atom stereocenters. The molecule has 1 N–H and O–H groups in total. The average Bonchev–Trinajstić information content (AvgIpc) is 2.50. The number of cyclic esters (lactones) is 1. The predicted octanol–water partition coefficient (Wildman–Crippen LogP) is 3.96. The van der Waals surface area contributed by atoms with Crippen molar-refractivity contribution in [3.8, 4) is 0 Å². The van der Waals surface area contributed by atoms with E-state index >= 15 is 0 Å². The quantitative estimate of drug-likeness (QED) is 0.476. The summed E-state index contributed by atoms with van der Waals surface area (Å²) in [5.74, 6) is 0.446. The highest BCUT2D eigenvalue weighted by Crippen LogP contribution is 2.38. The molecular weight excluding hydrogens is 288 g/mol. The van der Waals surface area contributed by atoms with Gasteiger partial charge < -0.3 is 9.84 Å². The summed E-state index contributed by atoms with van der Waals surface area (Å²) in [7, 11) is 0. The van der Waals surface area contributed by atoms with E-state index in [4.69, 9.17) is 4.74 Å². The fourth-order valence-electron chi connectivity index (χ4n) is 3.34. The van der Waals surface area contributed by atoms with Crippen molar-refractivity contribution in [2.75, 3.05) is 6.61 Å². The molecule has 3 nitrogen and oxygen atoms in total. The molecule has 0 bridgehead atoms. The molecule has 1 heterocycles. The maximum Gasteiger partial charge on any atom is 0.334 e. The van der Waals surface area contributed by atoms with E-state index in [9.17, 15) is 9.90 Å². The number of carbonyl (C=O) groups excluding carboxylic acids is 1. The van der Waals surface area contributed by atoms with Gasteiger partial charge in [0.2, 0.25) is 0 Å². The SMILES string of the molecule is C=C1C[C@@H](O)/C=C(\C)CC[C@@H]2/C(=C/C=C/C(C)C)C(=O)OC[C@@H]12. The predicted molar refractivity (Wildman–Crippen MR) is 92.8 cm³/mol. The number of fused-ring (bicyclic) bond motifs is 1. The van der Waals surface area contributed by atoms with Crippen LogP contribution < -0.4 is 0 Å². The molecule has 0 spiro atoms. The van der Waals surface area contributed by atoms with E-state index < -0.39 is 6.10 Å². The summed E-state index contributed by atoms with van der Waals surface area (Å²) in [5.41, 5.74) is 2.88. The topological polar surface area (TPSA) is 46.5 Å². The van der Waals surface area contributed by atoms with Crippen molar-refractivity contribution in [1.29, 1.82) is 0 Å². The maximum absolute atomic E-state index is 12.2. The van der Waals surface area contributed by atoms with E-state index in [1.54, 1.807) is 0 Å². The second-order valence-corrected chi connectivity index (χ2v) is 7.04. The first-order valence-electron chi connectivity index (χ1n) is 8.47. The lowest BCUT2D eigenvalue weighted by Crippen LogP contribution is -2.34. The van der Waals surface area contributed by atoms with E-state index in [1.807, 2.05) is 25.2 Å². The minimum absolute atomic E-state index is 0.0975. The number of rotatable bonds is 2. The smallest absolute Gasteiger partial charge is 0.334 e. The Bertz CT molecular complexity index is 551. The summed E-state index contributed by atoms with van der Waals surface area (Å²) in [6.07, 6.45) is 9.64. The zero-order chi connectivity index (χ0) is 17.0. The van der Waals surface area contributed by atoms with Crippen LogP contribution in [-0.2, 0) is 9.53 Å². The number of hydrogen-bond acceptors (Lipinski definition) is 3. The second kappa shape index (κ2) is 7.78. The van der Waals surface area contributed by atoms with Crippen LogP contribution in [0.5, 0.6) is 0 Å². The van der Waals surface area contributed by atoms with Crippen molar-refractivity contribution in [3.05, 3.63) is 47.6 Å². The number of ether oxygens (including phenoxy) is 1. The van der Waals surface area contributed by atoms with Gasteiger partial charge in [-0.05, 0) is 32.1 Å². The molecule has 126 valence electrons. The standard InChI is InChI=1S/C20H28O3/c1-13(2)6-5-7-18-17-9-8-14(3)10-16(21)11-15(4)19(17)12-23-20(18)22/h5-7,10,13,16-17,19,21H,4,8-9,11-12H2,1-3H3/b6-5+,14-10+,18-7-/t16-,17+,19-/m0/s1. The lowest BCUT2D eigenvalue weighted by Gasteiger charge is -2.34. The van der Waals surface area contributed by atoms with Crippen molar-refractivity contribution >= 4 is 5.97 Å². The number of aliphatic hydroxyl groups excluding tert-OH is 1. The largest absolute Gasteiger partial charge is 0.462 e. The average molecular weight is 316 g/mol. The van der Waals surface area contributed by atoms with Crippen LogP contribution >= 0.6 is 0 Å².